The van der Waals surface area contributed by atoms with Gasteiger partial charge in [-0.1, -0.05) is 17.7 Å². The first kappa shape index (κ1) is 16.0. The molecule has 0 radical (unpaired) electrons. The highest BCUT2D eigenvalue weighted by Crippen LogP contribution is 2.17. The van der Waals surface area contributed by atoms with Crippen LogP contribution in [0, 0.1) is 13.8 Å². The molecule has 2 rings (SSSR count). The number of nitrogens with one attached hydrogen (secondary N) is 3. The van der Waals surface area contributed by atoms with Gasteiger partial charge in [-0.25, -0.2) is 0 Å². The Morgan fingerprint density at radius 2 is 1.50 bits per heavy atom. The Bertz CT molecular complexity index is 696. The van der Waals surface area contributed by atoms with Gasteiger partial charge in [0.2, 0.25) is 5.91 Å². The van der Waals surface area contributed by atoms with E-state index in [1.807, 2.05) is 43.3 Å². The maximum Gasteiger partial charge on any atom is 0.221 e. The van der Waals surface area contributed by atoms with Gasteiger partial charge >= 0.3 is 0 Å². The van der Waals surface area contributed by atoms with E-state index in [2.05, 4.69) is 28.9 Å². The number of aryl methyl sites for hydroxylation is 2. The van der Waals surface area contributed by atoms with Crippen molar-refractivity contribution in [1.29, 1.82) is 0 Å². The van der Waals surface area contributed by atoms with Gasteiger partial charge in [0.15, 0.2) is 5.11 Å². The number of carbonyl (C=O) groups is 1. The van der Waals surface area contributed by atoms with Crippen molar-refractivity contribution < 1.29 is 4.79 Å². The quantitative estimate of drug-likeness (QED) is 0.748. The highest BCUT2D eigenvalue weighted by molar-refractivity contribution is 7.80. The number of thiocarbonyl (C=S) groups is 1. The van der Waals surface area contributed by atoms with E-state index in [1.165, 1.54) is 12.5 Å². The first-order valence-corrected chi connectivity index (χ1v) is 7.38. The van der Waals surface area contributed by atoms with Gasteiger partial charge in [-0.05, 0) is 62.0 Å². The fraction of sp³-hybridized carbons (Fsp3) is 0.176. The molecule has 4 nitrogen and oxygen atoms in total. The average molecular weight is 313 g/mol. The molecule has 0 aliphatic rings. The van der Waals surface area contributed by atoms with E-state index in [4.69, 9.17) is 12.2 Å². The molecule has 22 heavy (non-hydrogen) atoms. The van der Waals surface area contributed by atoms with Crippen LogP contribution < -0.4 is 16.0 Å². The Labute approximate surface area is 135 Å². The van der Waals surface area contributed by atoms with Gasteiger partial charge < -0.3 is 16.0 Å². The third-order valence-corrected chi connectivity index (χ3v) is 3.30. The number of hydrogen-bond acceptors (Lipinski definition) is 2. The summed E-state index contributed by atoms with van der Waals surface area (Å²) < 4.78 is 0. The van der Waals surface area contributed by atoms with Crippen LogP contribution >= 0.6 is 12.2 Å². The van der Waals surface area contributed by atoms with Crippen molar-refractivity contribution in [2.45, 2.75) is 20.8 Å². The lowest BCUT2D eigenvalue weighted by Gasteiger charge is -2.13. The zero-order valence-electron chi connectivity index (χ0n) is 12.9. The molecule has 5 heteroatoms. The lowest BCUT2D eigenvalue weighted by atomic mass is 10.1. The second-order valence-electron chi connectivity index (χ2n) is 5.16. The van der Waals surface area contributed by atoms with E-state index in [9.17, 15) is 4.79 Å². The maximum atomic E-state index is 11.0. The summed E-state index contributed by atoms with van der Waals surface area (Å²) in [6, 6.07) is 13.5. The first-order valence-electron chi connectivity index (χ1n) is 6.97. The summed E-state index contributed by atoms with van der Waals surface area (Å²) in [7, 11) is 0. The van der Waals surface area contributed by atoms with Gasteiger partial charge in [-0.2, -0.15) is 0 Å². The molecule has 0 atom stereocenters. The second kappa shape index (κ2) is 7.04. The van der Waals surface area contributed by atoms with E-state index >= 15 is 0 Å². The molecule has 0 spiro atoms. The lowest BCUT2D eigenvalue weighted by Crippen LogP contribution is -2.19. The van der Waals surface area contributed by atoms with Crippen LogP contribution in [-0.2, 0) is 4.79 Å². The molecule has 0 bridgehead atoms. The number of carbonyl (C=O) groups excluding carboxylic acids is 1. The number of anilines is 3. The fourth-order valence-electron chi connectivity index (χ4n) is 2.08. The van der Waals surface area contributed by atoms with E-state index in [0.29, 0.717) is 5.11 Å². The summed E-state index contributed by atoms with van der Waals surface area (Å²) in [6.45, 7) is 5.58. The minimum absolute atomic E-state index is 0.0901. The molecule has 0 aromatic heterocycles. The van der Waals surface area contributed by atoms with Gasteiger partial charge in [-0.3, -0.25) is 4.79 Å². The number of rotatable bonds is 3. The van der Waals surface area contributed by atoms with Gasteiger partial charge in [0.25, 0.3) is 0 Å². The van der Waals surface area contributed by atoms with E-state index in [1.54, 1.807) is 0 Å². The normalized spacial score (nSPS) is 9.95. The van der Waals surface area contributed by atoms with Crippen LogP contribution in [0.5, 0.6) is 0 Å². The van der Waals surface area contributed by atoms with Crippen molar-refractivity contribution in [1.82, 2.24) is 0 Å². The Kier molecular flexibility index (Phi) is 5.12. The van der Waals surface area contributed by atoms with Crippen molar-refractivity contribution in [2.75, 3.05) is 16.0 Å². The predicted octanol–water partition coefficient (Wildman–Crippen LogP) is 4.07. The molecule has 0 saturated carbocycles. The van der Waals surface area contributed by atoms with Crippen LogP contribution in [0.3, 0.4) is 0 Å². The zero-order valence-corrected chi connectivity index (χ0v) is 13.7. The molecule has 0 saturated heterocycles. The van der Waals surface area contributed by atoms with Crippen LogP contribution in [0.25, 0.3) is 0 Å². The maximum absolute atomic E-state index is 11.0. The summed E-state index contributed by atoms with van der Waals surface area (Å²) in [5, 5.41) is 9.55. The molecular weight excluding hydrogens is 294 g/mol. The van der Waals surface area contributed by atoms with Gasteiger partial charge in [-0.15, -0.1) is 0 Å². The van der Waals surface area contributed by atoms with Crippen LogP contribution in [-0.4, -0.2) is 11.0 Å². The fourth-order valence-corrected chi connectivity index (χ4v) is 2.31. The van der Waals surface area contributed by atoms with Crippen LogP contribution in [0.2, 0.25) is 0 Å². The number of amides is 1. The van der Waals surface area contributed by atoms with Crippen molar-refractivity contribution >= 4 is 40.3 Å². The zero-order chi connectivity index (χ0) is 16.1. The molecular formula is C17H19N3OS. The summed E-state index contributed by atoms with van der Waals surface area (Å²) in [4.78, 5) is 11.0. The average Bonchev–Trinajstić information content (AvgIpc) is 2.43. The van der Waals surface area contributed by atoms with Gasteiger partial charge in [0.05, 0.1) is 0 Å². The van der Waals surface area contributed by atoms with Crippen molar-refractivity contribution in [3.8, 4) is 0 Å². The molecule has 0 aliphatic heterocycles. The Morgan fingerprint density at radius 1 is 0.909 bits per heavy atom. The highest BCUT2D eigenvalue weighted by atomic mass is 32.1. The van der Waals surface area contributed by atoms with E-state index in [0.717, 1.165) is 22.6 Å². The van der Waals surface area contributed by atoms with Crippen LogP contribution in [0.4, 0.5) is 17.1 Å². The molecule has 2 aromatic carbocycles. The Morgan fingerprint density at radius 3 is 2.05 bits per heavy atom. The summed E-state index contributed by atoms with van der Waals surface area (Å²) in [5.41, 5.74) is 4.96. The molecule has 114 valence electrons. The van der Waals surface area contributed by atoms with Crippen LogP contribution in [0.15, 0.2) is 42.5 Å². The first-order chi connectivity index (χ1) is 10.4. The monoisotopic (exact) mass is 313 g/mol. The molecule has 0 aliphatic carbocycles. The molecule has 3 N–H and O–H groups in total. The highest BCUT2D eigenvalue weighted by Gasteiger charge is 2.02. The molecule has 0 unspecified atom stereocenters. The summed E-state index contributed by atoms with van der Waals surface area (Å²) in [6.07, 6.45) is 0. The molecule has 0 fully saturated rings. The standard InChI is InChI=1S/C17H19N3OS/c1-11-4-9-16(12(2)10-11)20-17(22)19-15-7-5-14(6-8-15)18-13(3)21/h4-10H,1-3H3,(H,18,21)(H2,19,20,22). The number of hydrogen-bond donors (Lipinski definition) is 3. The summed E-state index contributed by atoms with van der Waals surface area (Å²) >= 11 is 5.32. The van der Waals surface area contributed by atoms with E-state index in [-0.39, 0.29) is 5.91 Å². The third-order valence-electron chi connectivity index (χ3n) is 3.09. The molecule has 1 amide bonds. The van der Waals surface area contributed by atoms with Crippen LogP contribution in [0.1, 0.15) is 18.1 Å². The second-order valence-corrected chi connectivity index (χ2v) is 5.56. The Balaban J connectivity index is 1.98. The van der Waals surface area contributed by atoms with Crippen molar-refractivity contribution in [3.63, 3.8) is 0 Å². The summed E-state index contributed by atoms with van der Waals surface area (Å²) in [5.74, 6) is -0.0901. The smallest absolute Gasteiger partial charge is 0.221 e. The SMILES string of the molecule is CC(=O)Nc1ccc(NC(=S)Nc2ccc(C)cc2C)cc1. The topological polar surface area (TPSA) is 53.2 Å². The minimum Gasteiger partial charge on any atom is -0.332 e. The van der Waals surface area contributed by atoms with Gasteiger partial charge in [0.1, 0.15) is 0 Å². The lowest BCUT2D eigenvalue weighted by molar-refractivity contribution is -0.114. The predicted molar refractivity (Wildman–Crippen MR) is 96.5 cm³/mol. The third kappa shape index (κ3) is 4.56. The Hall–Kier alpha value is -2.40. The molecule has 0 heterocycles. The largest absolute Gasteiger partial charge is 0.332 e. The molecule has 2 aromatic rings. The van der Waals surface area contributed by atoms with Crippen molar-refractivity contribution in [3.05, 3.63) is 53.6 Å². The minimum atomic E-state index is -0.0901. The van der Waals surface area contributed by atoms with Crippen molar-refractivity contribution in [2.24, 2.45) is 0 Å². The number of benzene rings is 2. The van der Waals surface area contributed by atoms with E-state index < -0.39 is 0 Å². The van der Waals surface area contributed by atoms with Gasteiger partial charge in [0, 0.05) is 24.0 Å².